The minimum atomic E-state index is -0.842. The molecule has 24 heavy (non-hydrogen) atoms. The Morgan fingerprint density at radius 3 is 2.46 bits per heavy atom. The van der Waals surface area contributed by atoms with E-state index in [9.17, 15) is 15.0 Å². The summed E-state index contributed by atoms with van der Waals surface area (Å²) in [6.45, 7) is 14.4. The van der Waals surface area contributed by atoms with Crippen LogP contribution in [0, 0.1) is 28.6 Å². The van der Waals surface area contributed by atoms with Crippen LogP contribution in [0.15, 0.2) is 36.0 Å². The summed E-state index contributed by atoms with van der Waals surface area (Å²) in [5.74, 6) is -0.956. The number of carboxylic acid groups (broad SMARTS) is 1. The third-order valence-electron chi connectivity index (χ3n) is 6.31. The minimum Gasteiger partial charge on any atom is -0.481 e. The largest absolute Gasteiger partial charge is 0.481 e. The summed E-state index contributed by atoms with van der Waals surface area (Å²) in [7, 11) is 0. The van der Waals surface area contributed by atoms with Crippen molar-refractivity contribution in [2.24, 2.45) is 28.6 Å². The lowest BCUT2D eigenvalue weighted by Gasteiger charge is -2.25. The van der Waals surface area contributed by atoms with E-state index in [0.717, 1.165) is 24.0 Å². The highest BCUT2D eigenvalue weighted by Crippen LogP contribution is 2.76. The van der Waals surface area contributed by atoms with Crippen molar-refractivity contribution in [1.82, 2.24) is 0 Å². The molecule has 0 spiro atoms. The van der Waals surface area contributed by atoms with Crippen LogP contribution >= 0.6 is 0 Å². The molecule has 0 heterocycles. The van der Waals surface area contributed by atoms with Crippen LogP contribution in [-0.2, 0) is 4.79 Å². The maximum atomic E-state index is 12.3. The van der Waals surface area contributed by atoms with Crippen LogP contribution in [0.25, 0.3) is 0 Å². The van der Waals surface area contributed by atoms with Gasteiger partial charge in [-0.3, -0.25) is 4.79 Å². The molecule has 2 rings (SSSR count). The predicted octanol–water partition coefficient (Wildman–Crippen LogP) is 4.59. The smallest absolute Gasteiger partial charge is 0.311 e. The van der Waals surface area contributed by atoms with E-state index in [1.807, 2.05) is 27.7 Å². The van der Waals surface area contributed by atoms with Crippen molar-refractivity contribution in [2.45, 2.75) is 60.0 Å². The van der Waals surface area contributed by atoms with E-state index in [1.165, 1.54) is 0 Å². The normalized spacial score (nSPS) is 37.7. The molecular formula is C21H32O3. The van der Waals surface area contributed by atoms with Crippen LogP contribution in [0.3, 0.4) is 0 Å². The maximum Gasteiger partial charge on any atom is 0.311 e. The standard InChI is InChI=1S/C21H32O3/c1-7-8-9-10-15-14(4)16(12-17(15)22)21(19(23)24)18(11-13(2)3)20(21,5)6/h8-9,11,15-18,22H,4,7,10,12H2,1-3,5-6H3,(H,23,24)/b9-8-/t15-,16+,17+,18+,21+/m0/s1. The first-order chi connectivity index (χ1) is 11.1. The number of carbonyl (C=O) groups is 1. The molecule has 2 aliphatic rings. The number of aliphatic hydroxyl groups excluding tert-OH is 1. The van der Waals surface area contributed by atoms with Crippen LogP contribution in [-0.4, -0.2) is 22.3 Å². The molecule has 0 unspecified atom stereocenters. The Kier molecular flexibility index (Phi) is 5.15. The maximum absolute atomic E-state index is 12.3. The van der Waals surface area contributed by atoms with Gasteiger partial charge in [0, 0.05) is 11.8 Å². The van der Waals surface area contributed by atoms with E-state index in [-0.39, 0.29) is 23.2 Å². The number of carboxylic acids is 1. The van der Waals surface area contributed by atoms with E-state index in [0.29, 0.717) is 6.42 Å². The number of hydrogen-bond acceptors (Lipinski definition) is 2. The van der Waals surface area contributed by atoms with Crippen molar-refractivity contribution >= 4 is 5.97 Å². The zero-order chi connectivity index (χ0) is 18.3. The molecule has 2 N–H and O–H groups in total. The van der Waals surface area contributed by atoms with Gasteiger partial charge in [-0.15, -0.1) is 0 Å². The van der Waals surface area contributed by atoms with Crippen LogP contribution in [0.1, 0.15) is 53.9 Å². The highest BCUT2D eigenvalue weighted by molar-refractivity contribution is 5.83. The first kappa shape index (κ1) is 19.0. The van der Waals surface area contributed by atoms with Gasteiger partial charge in [-0.2, -0.15) is 0 Å². The molecular weight excluding hydrogens is 300 g/mol. The third-order valence-corrected chi connectivity index (χ3v) is 6.31. The topological polar surface area (TPSA) is 57.5 Å². The van der Waals surface area contributed by atoms with Crippen LogP contribution < -0.4 is 0 Å². The van der Waals surface area contributed by atoms with Gasteiger partial charge in [0.25, 0.3) is 0 Å². The minimum absolute atomic E-state index is 0.00798. The first-order valence-corrected chi connectivity index (χ1v) is 9.02. The van der Waals surface area contributed by atoms with Crippen molar-refractivity contribution in [3.8, 4) is 0 Å². The summed E-state index contributed by atoms with van der Waals surface area (Å²) < 4.78 is 0. The molecule has 5 atom stereocenters. The fourth-order valence-corrected chi connectivity index (χ4v) is 4.99. The van der Waals surface area contributed by atoms with E-state index in [2.05, 4.69) is 31.7 Å². The zero-order valence-corrected chi connectivity index (χ0v) is 15.7. The highest BCUT2D eigenvalue weighted by Gasteiger charge is 2.78. The van der Waals surface area contributed by atoms with Crippen molar-refractivity contribution in [1.29, 1.82) is 0 Å². The second-order valence-electron chi connectivity index (χ2n) is 8.27. The molecule has 134 valence electrons. The quantitative estimate of drug-likeness (QED) is 0.700. The summed E-state index contributed by atoms with van der Waals surface area (Å²) in [4.78, 5) is 12.3. The second kappa shape index (κ2) is 6.51. The van der Waals surface area contributed by atoms with Gasteiger partial charge in [0.2, 0.25) is 0 Å². The lowest BCUT2D eigenvalue weighted by molar-refractivity contribution is -0.147. The summed E-state index contributed by atoms with van der Waals surface area (Å²) in [6, 6.07) is 0. The van der Waals surface area contributed by atoms with Crippen LogP contribution in [0.4, 0.5) is 0 Å². The first-order valence-electron chi connectivity index (χ1n) is 9.02. The summed E-state index contributed by atoms with van der Waals surface area (Å²) in [5.41, 5.74) is 0.898. The van der Waals surface area contributed by atoms with Gasteiger partial charge >= 0.3 is 5.97 Å². The molecule has 0 saturated heterocycles. The molecule has 0 aliphatic heterocycles. The van der Waals surface area contributed by atoms with Gasteiger partial charge < -0.3 is 10.2 Å². The van der Waals surface area contributed by atoms with E-state index < -0.39 is 17.5 Å². The molecule has 2 aliphatic carbocycles. The van der Waals surface area contributed by atoms with E-state index in [4.69, 9.17) is 0 Å². The van der Waals surface area contributed by atoms with Crippen molar-refractivity contribution in [3.05, 3.63) is 36.0 Å². The van der Waals surface area contributed by atoms with Gasteiger partial charge in [0.15, 0.2) is 0 Å². The summed E-state index contributed by atoms with van der Waals surface area (Å²) in [6.07, 6.45) is 7.99. The number of allylic oxidation sites excluding steroid dienone is 4. The second-order valence-corrected chi connectivity index (χ2v) is 8.27. The Morgan fingerprint density at radius 1 is 1.33 bits per heavy atom. The molecule has 0 aromatic rings. The fraction of sp³-hybridized carbons (Fsp3) is 0.667. The number of hydrogen-bond donors (Lipinski definition) is 2. The van der Waals surface area contributed by atoms with Gasteiger partial charge in [0.05, 0.1) is 11.5 Å². The van der Waals surface area contributed by atoms with Crippen LogP contribution in [0.5, 0.6) is 0 Å². The monoisotopic (exact) mass is 332 g/mol. The Hall–Kier alpha value is -1.35. The molecule has 2 fully saturated rings. The summed E-state index contributed by atoms with van der Waals surface area (Å²) in [5, 5.41) is 20.7. The van der Waals surface area contributed by atoms with Gasteiger partial charge in [-0.1, -0.05) is 56.7 Å². The van der Waals surface area contributed by atoms with Crippen molar-refractivity contribution in [2.75, 3.05) is 0 Å². The van der Waals surface area contributed by atoms with Crippen molar-refractivity contribution in [3.63, 3.8) is 0 Å². The average molecular weight is 332 g/mol. The van der Waals surface area contributed by atoms with Crippen molar-refractivity contribution < 1.29 is 15.0 Å². The number of rotatable bonds is 6. The third kappa shape index (κ3) is 2.67. The molecule has 0 aromatic carbocycles. The Labute approximate surface area is 146 Å². The molecule has 2 saturated carbocycles. The van der Waals surface area contributed by atoms with Crippen LogP contribution in [0.2, 0.25) is 0 Å². The zero-order valence-electron chi connectivity index (χ0n) is 15.7. The lowest BCUT2D eigenvalue weighted by atomic mass is 9.77. The number of aliphatic hydroxyl groups is 1. The molecule has 0 radical (unpaired) electrons. The Bertz CT molecular complexity index is 580. The predicted molar refractivity (Wildman–Crippen MR) is 97.6 cm³/mol. The Balaban J connectivity index is 2.35. The fourth-order valence-electron chi connectivity index (χ4n) is 4.99. The molecule has 3 heteroatoms. The molecule has 0 bridgehead atoms. The van der Waals surface area contributed by atoms with E-state index in [1.54, 1.807) is 0 Å². The SMILES string of the molecule is C=C1[C@H]([C@]2(C(=O)O)[C@H](C=C(C)C)C2(C)C)C[C@@H](O)[C@H]1C/C=C\CC. The molecule has 3 nitrogen and oxygen atoms in total. The van der Waals surface area contributed by atoms with Gasteiger partial charge in [-0.05, 0) is 44.4 Å². The van der Waals surface area contributed by atoms with Gasteiger partial charge in [-0.25, -0.2) is 0 Å². The van der Waals surface area contributed by atoms with Gasteiger partial charge in [0.1, 0.15) is 0 Å². The molecule has 0 aromatic heterocycles. The number of aliphatic carboxylic acids is 1. The average Bonchev–Trinajstić information content (AvgIpc) is 2.81. The van der Waals surface area contributed by atoms with E-state index >= 15 is 0 Å². The molecule has 0 amide bonds. The Morgan fingerprint density at radius 2 is 1.96 bits per heavy atom. The highest BCUT2D eigenvalue weighted by atomic mass is 16.4. The summed E-state index contributed by atoms with van der Waals surface area (Å²) >= 11 is 0. The lowest BCUT2D eigenvalue weighted by Crippen LogP contribution is -2.30.